The summed E-state index contributed by atoms with van der Waals surface area (Å²) in [5, 5.41) is 0. The number of anilines is 1. The van der Waals surface area contributed by atoms with Gasteiger partial charge in [-0.05, 0) is 32.5 Å². The van der Waals surface area contributed by atoms with Crippen molar-refractivity contribution < 1.29 is 9.53 Å². The van der Waals surface area contributed by atoms with Crippen molar-refractivity contribution >= 4 is 11.7 Å². The zero-order chi connectivity index (χ0) is 15.6. The van der Waals surface area contributed by atoms with E-state index < -0.39 is 0 Å². The number of nitrogens with zero attached hydrogens (tertiary/aromatic N) is 2. The number of nitrogens with two attached hydrogens (primary N) is 1. The first-order chi connectivity index (χ1) is 9.93. The summed E-state index contributed by atoms with van der Waals surface area (Å²) in [6, 6.07) is 6.58. The van der Waals surface area contributed by atoms with Crippen LogP contribution in [0.5, 0.6) is 0 Å². The number of likely N-dealkylation sites (N-methyl/N-ethyl adjacent to an activating group) is 1. The summed E-state index contributed by atoms with van der Waals surface area (Å²) in [6.07, 6.45) is 0. The second kappa shape index (κ2) is 6.45. The molecule has 2 unspecified atom stereocenters. The second-order valence-electron chi connectivity index (χ2n) is 5.93. The van der Waals surface area contributed by atoms with E-state index in [-0.39, 0.29) is 5.97 Å². The molecule has 1 saturated heterocycles. The zero-order valence-electron chi connectivity index (χ0n) is 13.3. The molecule has 0 bridgehead atoms. The van der Waals surface area contributed by atoms with Crippen LogP contribution >= 0.6 is 0 Å². The average molecular weight is 291 g/mol. The predicted octanol–water partition coefficient (Wildman–Crippen LogP) is 1.58. The van der Waals surface area contributed by atoms with Crippen LogP contribution in [0.4, 0.5) is 5.69 Å². The first-order valence-electron chi connectivity index (χ1n) is 7.34. The van der Waals surface area contributed by atoms with Gasteiger partial charge in [0.2, 0.25) is 0 Å². The minimum atomic E-state index is -0.363. The number of piperazine rings is 1. The maximum atomic E-state index is 11.9. The molecule has 1 aromatic carbocycles. The molecule has 5 nitrogen and oxygen atoms in total. The molecule has 0 aromatic heterocycles. The van der Waals surface area contributed by atoms with Gasteiger partial charge in [-0.25, -0.2) is 4.79 Å². The summed E-state index contributed by atoms with van der Waals surface area (Å²) in [5.41, 5.74) is 7.87. The number of rotatable bonds is 3. The molecule has 1 aromatic rings. The monoisotopic (exact) mass is 291 g/mol. The number of nitrogen functional groups attached to an aromatic ring is 1. The Morgan fingerprint density at radius 2 is 1.95 bits per heavy atom. The minimum absolute atomic E-state index is 0.363. The Labute approximate surface area is 126 Å². The van der Waals surface area contributed by atoms with Crippen LogP contribution in [0, 0.1) is 0 Å². The molecule has 0 radical (unpaired) electrons. The molecule has 1 fully saturated rings. The number of carbonyl (C=O) groups is 1. The van der Waals surface area contributed by atoms with Crippen molar-refractivity contribution in [1.29, 1.82) is 0 Å². The molecule has 1 heterocycles. The van der Waals surface area contributed by atoms with Crippen LogP contribution < -0.4 is 5.73 Å². The second-order valence-corrected chi connectivity index (χ2v) is 5.93. The number of ether oxygens (including phenoxy) is 1. The van der Waals surface area contributed by atoms with Gasteiger partial charge >= 0.3 is 5.97 Å². The fraction of sp³-hybridized carbons (Fsp3) is 0.562. The molecule has 2 atom stereocenters. The van der Waals surface area contributed by atoms with Crippen LogP contribution in [0.2, 0.25) is 0 Å². The normalized spacial score (nSPS) is 24.0. The van der Waals surface area contributed by atoms with Gasteiger partial charge in [-0.2, -0.15) is 0 Å². The zero-order valence-corrected chi connectivity index (χ0v) is 13.3. The molecular weight excluding hydrogens is 266 g/mol. The Bertz CT molecular complexity index is 506. The molecule has 0 spiro atoms. The summed E-state index contributed by atoms with van der Waals surface area (Å²) in [4.78, 5) is 16.7. The van der Waals surface area contributed by atoms with Crippen molar-refractivity contribution in [3.63, 3.8) is 0 Å². The lowest BCUT2D eigenvalue weighted by atomic mass is 10.0. The van der Waals surface area contributed by atoms with E-state index in [0.717, 1.165) is 25.2 Å². The van der Waals surface area contributed by atoms with E-state index in [0.29, 0.717) is 23.3 Å². The Morgan fingerprint density at radius 3 is 2.52 bits per heavy atom. The number of hydrogen-bond acceptors (Lipinski definition) is 5. The fourth-order valence-electron chi connectivity index (χ4n) is 2.99. The first kappa shape index (κ1) is 15.8. The van der Waals surface area contributed by atoms with Crippen LogP contribution in [0.3, 0.4) is 0 Å². The molecule has 1 aliphatic rings. The molecule has 0 aliphatic carbocycles. The lowest BCUT2D eigenvalue weighted by molar-refractivity contribution is 0.0536. The number of carbonyl (C=O) groups excluding carboxylic acids is 1. The summed E-state index contributed by atoms with van der Waals surface area (Å²) in [6.45, 7) is 7.14. The molecule has 2 rings (SSSR count). The molecule has 0 saturated carbocycles. The van der Waals surface area contributed by atoms with Crippen molar-refractivity contribution in [1.82, 2.24) is 9.80 Å². The lowest BCUT2D eigenvalue weighted by Crippen LogP contribution is -2.54. The van der Waals surface area contributed by atoms with Gasteiger partial charge in [-0.15, -0.1) is 0 Å². The highest BCUT2D eigenvalue weighted by Crippen LogP contribution is 2.22. The number of methoxy groups -OCH3 is 1. The minimum Gasteiger partial charge on any atom is -0.465 e. The SMILES string of the molecule is COC(=O)c1c(N)cccc1CN1CC(C)N(C)C(C)C1. The largest absolute Gasteiger partial charge is 0.465 e. The van der Waals surface area contributed by atoms with Gasteiger partial charge < -0.3 is 10.5 Å². The highest BCUT2D eigenvalue weighted by molar-refractivity contribution is 5.96. The van der Waals surface area contributed by atoms with Crippen molar-refractivity contribution in [3.05, 3.63) is 29.3 Å². The summed E-state index contributed by atoms with van der Waals surface area (Å²) in [7, 11) is 3.55. The third-order valence-corrected chi connectivity index (χ3v) is 4.40. The third-order valence-electron chi connectivity index (χ3n) is 4.40. The van der Waals surface area contributed by atoms with Crippen LogP contribution in [0.15, 0.2) is 18.2 Å². The van der Waals surface area contributed by atoms with Crippen LogP contribution in [0.25, 0.3) is 0 Å². The topological polar surface area (TPSA) is 58.8 Å². The Morgan fingerprint density at radius 1 is 1.33 bits per heavy atom. The molecular formula is C16H25N3O2. The van der Waals surface area contributed by atoms with E-state index in [1.165, 1.54) is 7.11 Å². The summed E-state index contributed by atoms with van der Waals surface area (Å²) < 4.78 is 4.86. The highest BCUT2D eigenvalue weighted by Gasteiger charge is 2.27. The van der Waals surface area contributed by atoms with Crippen molar-refractivity contribution in [2.45, 2.75) is 32.5 Å². The van der Waals surface area contributed by atoms with Gasteiger partial charge in [0, 0.05) is 37.4 Å². The highest BCUT2D eigenvalue weighted by atomic mass is 16.5. The van der Waals surface area contributed by atoms with E-state index in [1.54, 1.807) is 6.07 Å². The van der Waals surface area contributed by atoms with Gasteiger partial charge in [-0.1, -0.05) is 12.1 Å². The smallest absolute Gasteiger partial charge is 0.340 e. The number of hydrogen-bond donors (Lipinski definition) is 1. The molecule has 5 heteroatoms. The van der Waals surface area contributed by atoms with Crippen molar-refractivity contribution in [2.24, 2.45) is 0 Å². The van der Waals surface area contributed by atoms with Crippen LogP contribution in [-0.4, -0.2) is 55.1 Å². The van der Waals surface area contributed by atoms with Gasteiger partial charge in [0.05, 0.1) is 12.7 Å². The molecule has 21 heavy (non-hydrogen) atoms. The van der Waals surface area contributed by atoms with Crippen LogP contribution in [-0.2, 0) is 11.3 Å². The van der Waals surface area contributed by atoms with E-state index in [1.807, 2.05) is 12.1 Å². The first-order valence-corrected chi connectivity index (χ1v) is 7.34. The van der Waals surface area contributed by atoms with Crippen LogP contribution in [0.1, 0.15) is 29.8 Å². The Hall–Kier alpha value is -1.59. The quantitative estimate of drug-likeness (QED) is 0.677. The Balaban J connectivity index is 2.20. The Kier molecular flexibility index (Phi) is 4.85. The maximum absolute atomic E-state index is 11.9. The lowest BCUT2D eigenvalue weighted by Gasteiger charge is -2.42. The van der Waals surface area contributed by atoms with E-state index in [9.17, 15) is 4.79 Å². The molecule has 116 valence electrons. The van der Waals surface area contributed by atoms with Crippen molar-refractivity contribution in [3.8, 4) is 0 Å². The van der Waals surface area contributed by atoms with Crippen molar-refractivity contribution in [2.75, 3.05) is 33.0 Å². The van der Waals surface area contributed by atoms with E-state index in [2.05, 4.69) is 30.7 Å². The summed E-state index contributed by atoms with van der Waals surface area (Å²) in [5.74, 6) is -0.363. The molecule has 1 aliphatic heterocycles. The fourth-order valence-corrected chi connectivity index (χ4v) is 2.99. The summed E-state index contributed by atoms with van der Waals surface area (Å²) >= 11 is 0. The van der Waals surface area contributed by atoms with E-state index >= 15 is 0 Å². The third kappa shape index (κ3) is 3.36. The van der Waals surface area contributed by atoms with Gasteiger partial charge in [0.25, 0.3) is 0 Å². The number of benzene rings is 1. The van der Waals surface area contributed by atoms with Gasteiger partial charge in [0.15, 0.2) is 0 Å². The maximum Gasteiger partial charge on any atom is 0.340 e. The number of esters is 1. The van der Waals surface area contributed by atoms with Gasteiger partial charge in [0.1, 0.15) is 0 Å². The predicted molar refractivity (Wildman–Crippen MR) is 84.2 cm³/mol. The average Bonchev–Trinajstić information content (AvgIpc) is 2.44. The standard InChI is InChI=1S/C16H25N3O2/c1-11-8-19(9-12(2)18(11)3)10-13-6-5-7-14(17)15(13)16(20)21-4/h5-7,11-12H,8-10,17H2,1-4H3. The molecule has 2 N–H and O–H groups in total. The van der Waals surface area contributed by atoms with E-state index in [4.69, 9.17) is 10.5 Å². The molecule has 0 amide bonds. The van der Waals surface area contributed by atoms with Gasteiger partial charge in [-0.3, -0.25) is 9.80 Å².